The molecule has 0 aromatic carbocycles. The second kappa shape index (κ2) is 4.87. The lowest BCUT2D eigenvalue weighted by Crippen LogP contribution is -2.43. The minimum absolute atomic E-state index is 0.0516. The predicted octanol–water partition coefficient (Wildman–Crippen LogP) is 0.553. The number of rotatable bonds is 5. The van der Waals surface area contributed by atoms with Crippen LogP contribution < -0.4 is 4.72 Å². The van der Waals surface area contributed by atoms with E-state index >= 15 is 0 Å². The second-order valence-corrected chi connectivity index (χ2v) is 10.1. The number of sulfone groups is 1. The number of thiazole rings is 1. The Kier molecular flexibility index (Phi) is 4.21. The molecule has 9 heteroatoms. The zero-order valence-electron chi connectivity index (χ0n) is 10.6. The second-order valence-electron chi connectivity index (χ2n) is 4.61. The summed E-state index contributed by atoms with van der Waals surface area (Å²) in [5.41, 5.74) is 0.614. The van der Waals surface area contributed by atoms with E-state index in [1.54, 1.807) is 12.3 Å². The van der Waals surface area contributed by atoms with Gasteiger partial charge in [-0.3, -0.25) is 0 Å². The number of nitrogens with zero attached hydrogens (tertiary/aromatic N) is 1. The van der Waals surface area contributed by atoms with Crippen LogP contribution >= 0.6 is 11.3 Å². The Balaban J connectivity index is 2.87. The van der Waals surface area contributed by atoms with Gasteiger partial charge >= 0.3 is 0 Å². The molecule has 0 aliphatic carbocycles. The van der Waals surface area contributed by atoms with E-state index < -0.39 is 24.6 Å². The maximum atomic E-state index is 11.9. The molecule has 0 amide bonds. The van der Waals surface area contributed by atoms with Gasteiger partial charge in [0.25, 0.3) is 10.0 Å². The zero-order valence-corrected chi connectivity index (χ0v) is 13.0. The summed E-state index contributed by atoms with van der Waals surface area (Å²) in [5, 5.41) is 1.62. The Bertz CT molecular complexity index is 629. The van der Waals surface area contributed by atoms with Crippen LogP contribution in [0.5, 0.6) is 0 Å². The fourth-order valence-electron chi connectivity index (χ4n) is 0.917. The van der Waals surface area contributed by atoms with E-state index in [4.69, 9.17) is 0 Å². The maximum Gasteiger partial charge on any atom is 0.267 e. The van der Waals surface area contributed by atoms with Gasteiger partial charge in [0.05, 0.1) is 4.75 Å². The minimum atomic E-state index is -3.74. The third-order valence-electron chi connectivity index (χ3n) is 2.52. The average molecular weight is 312 g/mol. The number of sulfonamides is 1. The lowest BCUT2D eigenvalue weighted by Gasteiger charge is -2.22. The van der Waals surface area contributed by atoms with E-state index in [0.717, 1.165) is 17.6 Å². The monoisotopic (exact) mass is 312 g/mol. The Morgan fingerprint density at radius 1 is 1.33 bits per heavy atom. The summed E-state index contributed by atoms with van der Waals surface area (Å²) >= 11 is 1.00. The van der Waals surface area contributed by atoms with Crippen LogP contribution in [-0.2, 0) is 19.9 Å². The molecular weight excluding hydrogens is 296 g/mol. The number of nitrogens with one attached hydrogen (secondary N) is 1. The van der Waals surface area contributed by atoms with E-state index in [9.17, 15) is 16.8 Å². The van der Waals surface area contributed by atoms with Crippen LogP contribution in [0.15, 0.2) is 9.72 Å². The topological polar surface area (TPSA) is 93.2 Å². The van der Waals surface area contributed by atoms with Crippen molar-refractivity contribution in [2.24, 2.45) is 0 Å². The van der Waals surface area contributed by atoms with Crippen LogP contribution in [0, 0.1) is 6.92 Å². The molecule has 1 aromatic rings. The molecule has 0 spiro atoms. The smallest absolute Gasteiger partial charge is 0.229 e. The van der Waals surface area contributed by atoms with Crippen molar-refractivity contribution in [3.63, 3.8) is 0 Å². The lowest BCUT2D eigenvalue weighted by molar-refractivity contribution is 0.536. The third kappa shape index (κ3) is 3.50. The van der Waals surface area contributed by atoms with Crippen molar-refractivity contribution in [3.8, 4) is 0 Å². The molecule has 0 aliphatic rings. The van der Waals surface area contributed by atoms with E-state index in [-0.39, 0.29) is 10.9 Å². The highest BCUT2D eigenvalue weighted by molar-refractivity contribution is 7.92. The molecule has 0 atom stereocenters. The molecule has 1 heterocycles. The van der Waals surface area contributed by atoms with E-state index in [1.165, 1.54) is 13.8 Å². The highest BCUT2D eigenvalue weighted by atomic mass is 32.2. The summed E-state index contributed by atoms with van der Waals surface area (Å²) in [6.07, 6.45) is 1.08. The van der Waals surface area contributed by atoms with Crippen LogP contribution in [0.1, 0.15) is 19.5 Å². The summed E-state index contributed by atoms with van der Waals surface area (Å²) in [7, 11) is -7.09. The van der Waals surface area contributed by atoms with Gasteiger partial charge in [-0.05, 0) is 20.8 Å². The van der Waals surface area contributed by atoms with Crippen molar-refractivity contribution in [1.29, 1.82) is 0 Å². The third-order valence-corrected chi connectivity index (χ3v) is 7.45. The van der Waals surface area contributed by atoms with Gasteiger partial charge in [0, 0.05) is 23.9 Å². The summed E-state index contributed by atoms with van der Waals surface area (Å²) < 4.78 is 47.7. The Labute approximate surface area is 111 Å². The van der Waals surface area contributed by atoms with Crippen molar-refractivity contribution in [1.82, 2.24) is 9.71 Å². The number of aromatic nitrogens is 1. The molecule has 1 N–H and O–H groups in total. The molecule has 0 bridgehead atoms. The highest BCUT2D eigenvalue weighted by Gasteiger charge is 2.32. The first-order chi connectivity index (χ1) is 7.96. The fraction of sp³-hybridized carbons (Fsp3) is 0.667. The Hall–Kier alpha value is -0.510. The van der Waals surface area contributed by atoms with Crippen molar-refractivity contribution in [2.45, 2.75) is 29.9 Å². The van der Waals surface area contributed by atoms with Gasteiger partial charge in [0.1, 0.15) is 0 Å². The summed E-state index contributed by atoms with van der Waals surface area (Å²) in [4.78, 5) is 3.86. The van der Waals surface area contributed by atoms with Crippen LogP contribution in [0.4, 0.5) is 0 Å². The molecule has 0 saturated carbocycles. The van der Waals surface area contributed by atoms with Gasteiger partial charge in [-0.2, -0.15) is 0 Å². The largest absolute Gasteiger partial charge is 0.267 e. The number of hydrogen-bond acceptors (Lipinski definition) is 6. The molecule has 0 unspecified atom stereocenters. The van der Waals surface area contributed by atoms with Gasteiger partial charge in [-0.15, -0.1) is 11.3 Å². The quantitative estimate of drug-likeness (QED) is 0.857. The van der Waals surface area contributed by atoms with Gasteiger partial charge < -0.3 is 0 Å². The SMILES string of the molecule is Cc1csc(S(=O)(=O)NCC(C)(C)S(C)(=O)=O)n1. The summed E-state index contributed by atoms with van der Waals surface area (Å²) in [6, 6.07) is 0. The Morgan fingerprint density at radius 2 is 1.89 bits per heavy atom. The number of hydrogen-bond donors (Lipinski definition) is 1. The van der Waals surface area contributed by atoms with Crippen molar-refractivity contribution in [2.75, 3.05) is 12.8 Å². The standard InChI is InChI=1S/C9H16N2O4S3/c1-7-5-16-8(11-7)18(14,15)10-6-9(2,3)17(4,12)13/h5,10H,6H2,1-4H3. The molecule has 0 radical (unpaired) electrons. The first-order valence-corrected chi connectivity index (χ1v) is 9.32. The molecule has 1 aromatic heterocycles. The highest BCUT2D eigenvalue weighted by Crippen LogP contribution is 2.18. The summed E-state index contributed by atoms with van der Waals surface area (Å²) in [6.45, 7) is 4.44. The van der Waals surface area contributed by atoms with Gasteiger partial charge in [0.15, 0.2) is 9.84 Å². The molecular formula is C9H16N2O4S3. The molecule has 6 nitrogen and oxygen atoms in total. The van der Waals surface area contributed by atoms with Gasteiger partial charge in [0.2, 0.25) is 4.34 Å². The molecule has 0 fully saturated rings. The van der Waals surface area contributed by atoms with Crippen molar-refractivity contribution >= 4 is 31.2 Å². The number of aryl methyl sites for hydroxylation is 1. The molecule has 0 aliphatic heterocycles. The van der Waals surface area contributed by atoms with Crippen LogP contribution in [0.25, 0.3) is 0 Å². The zero-order chi connectivity index (χ0) is 14.2. The van der Waals surface area contributed by atoms with E-state index in [1.807, 2.05) is 0 Å². The van der Waals surface area contributed by atoms with E-state index in [2.05, 4.69) is 9.71 Å². The van der Waals surface area contributed by atoms with E-state index in [0.29, 0.717) is 5.69 Å². The summed E-state index contributed by atoms with van der Waals surface area (Å²) in [5.74, 6) is 0. The molecule has 1 rings (SSSR count). The first kappa shape index (κ1) is 15.5. The molecule has 104 valence electrons. The maximum absolute atomic E-state index is 11.9. The minimum Gasteiger partial charge on any atom is -0.229 e. The van der Waals surface area contributed by atoms with Crippen LogP contribution in [-0.4, -0.2) is 39.4 Å². The van der Waals surface area contributed by atoms with Gasteiger partial charge in [-0.25, -0.2) is 26.5 Å². The van der Waals surface area contributed by atoms with Crippen molar-refractivity contribution in [3.05, 3.63) is 11.1 Å². The van der Waals surface area contributed by atoms with Crippen molar-refractivity contribution < 1.29 is 16.8 Å². The Morgan fingerprint density at radius 3 is 2.28 bits per heavy atom. The molecule has 0 saturated heterocycles. The molecule has 18 heavy (non-hydrogen) atoms. The van der Waals surface area contributed by atoms with Gasteiger partial charge in [-0.1, -0.05) is 0 Å². The average Bonchev–Trinajstić information content (AvgIpc) is 2.61. The normalized spacial score (nSPS) is 13.8. The lowest BCUT2D eigenvalue weighted by atomic mass is 10.2. The first-order valence-electron chi connectivity index (χ1n) is 5.07. The predicted molar refractivity (Wildman–Crippen MR) is 71.0 cm³/mol. The fourth-order valence-corrected chi connectivity index (χ4v) is 3.63. The van der Waals surface area contributed by atoms with Crippen LogP contribution in [0.3, 0.4) is 0 Å². The van der Waals surface area contributed by atoms with Crippen LogP contribution in [0.2, 0.25) is 0 Å².